The fourth-order valence-corrected chi connectivity index (χ4v) is 5.76. The van der Waals surface area contributed by atoms with E-state index in [4.69, 9.17) is 4.74 Å². The molecular formula is C30H38F3N3O4. The van der Waals surface area contributed by atoms with Crippen molar-refractivity contribution in [2.45, 2.75) is 89.0 Å². The van der Waals surface area contributed by atoms with Crippen molar-refractivity contribution in [1.82, 2.24) is 4.90 Å². The monoisotopic (exact) mass is 561 g/mol. The number of nitrogens with one attached hydrogen (secondary N) is 1. The highest BCUT2D eigenvalue weighted by atomic mass is 19.4. The van der Waals surface area contributed by atoms with Gasteiger partial charge in [-0.3, -0.25) is 14.9 Å². The number of hydrogen-bond donors (Lipinski definition) is 1. The Morgan fingerprint density at radius 1 is 1.07 bits per heavy atom. The Hall–Kier alpha value is -3.14. The molecule has 0 radical (unpaired) electrons. The van der Waals surface area contributed by atoms with Gasteiger partial charge in [0.25, 0.3) is 5.69 Å². The lowest BCUT2D eigenvalue weighted by atomic mass is 9.88. The molecule has 2 atom stereocenters. The molecule has 1 heterocycles. The smallest absolute Gasteiger partial charge is 0.380 e. The number of unbranched alkanes of at least 4 members (excludes halogenated alkanes) is 1. The summed E-state index contributed by atoms with van der Waals surface area (Å²) in [5.41, 5.74) is 0.555. The lowest BCUT2D eigenvalue weighted by Crippen LogP contribution is -2.43. The summed E-state index contributed by atoms with van der Waals surface area (Å²) in [6.45, 7) is 3.45. The molecule has 4 rings (SSSR count). The highest BCUT2D eigenvalue weighted by molar-refractivity contribution is 5.77. The van der Waals surface area contributed by atoms with E-state index in [2.05, 4.69) is 36.5 Å². The van der Waals surface area contributed by atoms with E-state index in [0.717, 1.165) is 44.2 Å². The molecule has 7 nitrogen and oxygen atoms in total. The Labute approximate surface area is 233 Å². The number of anilines is 1. The van der Waals surface area contributed by atoms with E-state index < -0.39 is 22.4 Å². The standard InChI is InChI=1S/C30H38F3N3O4/c1-2-3-6-21-9-11-22(12-10-21)23-15-17-35(18-16-23)29(37)20-40-28-8-5-4-7-26(28)34-24-13-14-27(36(38)39)25(19-24)30(31,32)33/h9-14,19,23,26,28,34H,2-8,15-18,20H2,1H3/t26-,28-/m1/s1. The van der Waals surface area contributed by atoms with Crippen LogP contribution in [0.25, 0.3) is 0 Å². The van der Waals surface area contributed by atoms with Gasteiger partial charge in [-0.05, 0) is 67.7 Å². The molecular weight excluding hydrogens is 523 g/mol. The van der Waals surface area contributed by atoms with Crippen molar-refractivity contribution in [3.63, 3.8) is 0 Å². The number of nitro groups is 1. The van der Waals surface area contributed by atoms with E-state index in [1.807, 2.05) is 4.90 Å². The Morgan fingerprint density at radius 3 is 2.42 bits per heavy atom. The largest absolute Gasteiger partial charge is 0.423 e. The first-order valence-corrected chi connectivity index (χ1v) is 14.3. The van der Waals surface area contributed by atoms with Gasteiger partial charge in [0.2, 0.25) is 5.91 Å². The molecule has 1 saturated heterocycles. The van der Waals surface area contributed by atoms with E-state index in [9.17, 15) is 28.1 Å². The molecule has 218 valence electrons. The predicted octanol–water partition coefficient (Wildman–Crippen LogP) is 7.10. The first-order chi connectivity index (χ1) is 19.2. The number of carbonyl (C=O) groups excluding carboxylic acids is 1. The highest BCUT2D eigenvalue weighted by Gasteiger charge is 2.39. The number of nitrogens with zero attached hydrogens (tertiary/aromatic N) is 2. The second-order valence-corrected chi connectivity index (χ2v) is 10.9. The van der Waals surface area contributed by atoms with Gasteiger partial charge in [0.1, 0.15) is 12.2 Å². The summed E-state index contributed by atoms with van der Waals surface area (Å²) in [5, 5.41) is 14.1. The zero-order valence-corrected chi connectivity index (χ0v) is 22.9. The van der Waals surface area contributed by atoms with Crippen LogP contribution in [0.3, 0.4) is 0 Å². The number of alkyl halides is 3. The van der Waals surface area contributed by atoms with Gasteiger partial charge in [0.05, 0.1) is 17.1 Å². The maximum absolute atomic E-state index is 13.4. The topological polar surface area (TPSA) is 84.7 Å². The van der Waals surface area contributed by atoms with E-state index in [1.165, 1.54) is 30.0 Å². The first-order valence-electron chi connectivity index (χ1n) is 14.3. The van der Waals surface area contributed by atoms with Crippen LogP contribution in [0.15, 0.2) is 42.5 Å². The number of likely N-dealkylation sites (tertiary alicyclic amines) is 1. The van der Waals surface area contributed by atoms with E-state index >= 15 is 0 Å². The molecule has 1 amide bonds. The van der Waals surface area contributed by atoms with E-state index in [0.29, 0.717) is 31.8 Å². The minimum Gasteiger partial charge on any atom is -0.380 e. The molecule has 2 aromatic rings. The lowest BCUT2D eigenvalue weighted by molar-refractivity contribution is -0.388. The minimum atomic E-state index is -4.85. The van der Waals surface area contributed by atoms with Crippen LogP contribution in [0.5, 0.6) is 0 Å². The Morgan fingerprint density at radius 2 is 1.77 bits per heavy atom. The molecule has 1 N–H and O–H groups in total. The number of aryl methyl sites for hydroxylation is 1. The van der Waals surface area contributed by atoms with Crippen LogP contribution in [-0.4, -0.2) is 47.6 Å². The molecule has 40 heavy (non-hydrogen) atoms. The van der Waals surface area contributed by atoms with Crippen molar-refractivity contribution in [3.8, 4) is 0 Å². The number of amides is 1. The molecule has 2 aromatic carbocycles. The third kappa shape index (κ3) is 7.74. The third-order valence-electron chi connectivity index (χ3n) is 8.09. The number of benzene rings is 2. The van der Waals surface area contributed by atoms with Gasteiger partial charge in [-0.2, -0.15) is 13.2 Å². The van der Waals surface area contributed by atoms with Crippen molar-refractivity contribution >= 4 is 17.3 Å². The fourth-order valence-electron chi connectivity index (χ4n) is 5.76. The van der Waals surface area contributed by atoms with Crippen LogP contribution < -0.4 is 5.32 Å². The predicted molar refractivity (Wildman–Crippen MR) is 147 cm³/mol. The Bertz CT molecular complexity index is 1150. The van der Waals surface area contributed by atoms with Gasteiger partial charge in [0, 0.05) is 24.8 Å². The number of rotatable bonds is 10. The van der Waals surface area contributed by atoms with Crippen molar-refractivity contribution in [2.75, 3.05) is 25.0 Å². The van der Waals surface area contributed by atoms with E-state index in [-0.39, 0.29) is 30.3 Å². The molecule has 1 aliphatic heterocycles. The molecule has 0 unspecified atom stereocenters. The fraction of sp³-hybridized carbons (Fsp3) is 0.567. The number of piperidine rings is 1. The van der Waals surface area contributed by atoms with Crippen LogP contribution in [0.1, 0.15) is 80.9 Å². The molecule has 2 fully saturated rings. The second-order valence-electron chi connectivity index (χ2n) is 10.9. The van der Waals surface area contributed by atoms with Crippen molar-refractivity contribution in [2.24, 2.45) is 0 Å². The van der Waals surface area contributed by atoms with Crippen molar-refractivity contribution in [1.29, 1.82) is 0 Å². The quantitative estimate of drug-likeness (QED) is 0.247. The molecule has 0 bridgehead atoms. The number of carbonyl (C=O) groups is 1. The molecule has 1 saturated carbocycles. The lowest BCUT2D eigenvalue weighted by Gasteiger charge is -2.35. The van der Waals surface area contributed by atoms with Crippen LogP contribution in [0.2, 0.25) is 0 Å². The molecule has 1 aliphatic carbocycles. The van der Waals surface area contributed by atoms with Gasteiger partial charge >= 0.3 is 6.18 Å². The summed E-state index contributed by atoms with van der Waals surface area (Å²) in [5.74, 6) is 0.354. The number of ether oxygens (including phenoxy) is 1. The summed E-state index contributed by atoms with van der Waals surface area (Å²) >= 11 is 0. The first kappa shape index (κ1) is 29.8. The average Bonchev–Trinajstić information content (AvgIpc) is 2.95. The average molecular weight is 562 g/mol. The van der Waals surface area contributed by atoms with Crippen LogP contribution in [-0.2, 0) is 22.1 Å². The van der Waals surface area contributed by atoms with Crippen LogP contribution >= 0.6 is 0 Å². The summed E-state index contributed by atoms with van der Waals surface area (Å²) in [7, 11) is 0. The Balaban J connectivity index is 1.29. The van der Waals surface area contributed by atoms with Crippen molar-refractivity contribution < 1.29 is 27.6 Å². The SMILES string of the molecule is CCCCc1ccc(C2CCN(C(=O)CO[C@@H]3CCCC[C@H]3Nc3ccc([N+](=O)[O-])c(C(F)(F)F)c3)CC2)cc1. The van der Waals surface area contributed by atoms with Gasteiger partial charge in [-0.1, -0.05) is 50.5 Å². The van der Waals surface area contributed by atoms with E-state index in [1.54, 1.807) is 0 Å². The summed E-state index contributed by atoms with van der Waals surface area (Å²) < 4.78 is 46.2. The maximum atomic E-state index is 13.4. The number of halogens is 3. The molecule has 0 spiro atoms. The van der Waals surface area contributed by atoms with Gasteiger partial charge in [-0.25, -0.2) is 0 Å². The van der Waals surface area contributed by atoms with Gasteiger partial charge in [-0.15, -0.1) is 0 Å². The normalized spacial score (nSPS) is 20.4. The Kier molecular flexibility index (Phi) is 10.1. The summed E-state index contributed by atoms with van der Waals surface area (Å²) in [4.78, 5) is 24.8. The van der Waals surface area contributed by atoms with Gasteiger partial charge < -0.3 is 15.0 Å². The molecule has 0 aromatic heterocycles. The van der Waals surface area contributed by atoms with Crippen LogP contribution in [0, 0.1) is 10.1 Å². The van der Waals surface area contributed by atoms with Crippen LogP contribution in [0.4, 0.5) is 24.5 Å². The van der Waals surface area contributed by atoms with Gasteiger partial charge in [0.15, 0.2) is 0 Å². The molecule has 2 aliphatic rings. The summed E-state index contributed by atoms with van der Waals surface area (Å²) in [6.07, 6.45) is 3.19. The maximum Gasteiger partial charge on any atom is 0.423 e. The second kappa shape index (κ2) is 13.5. The molecule has 10 heteroatoms. The third-order valence-corrected chi connectivity index (χ3v) is 8.09. The minimum absolute atomic E-state index is 0.0757. The zero-order chi connectivity index (χ0) is 28.7. The van der Waals surface area contributed by atoms with Crippen molar-refractivity contribution in [3.05, 3.63) is 69.3 Å². The number of hydrogen-bond acceptors (Lipinski definition) is 5. The number of nitro benzene ring substituents is 1. The highest BCUT2D eigenvalue weighted by Crippen LogP contribution is 2.38. The zero-order valence-electron chi connectivity index (χ0n) is 22.9. The summed E-state index contributed by atoms with van der Waals surface area (Å²) in [6, 6.07) is 11.5.